The summed E-state index contributed by atoms with van der Waals surface area (Å²) in [4.78, 5) is 17.6. The standard InChI is InChI=1S/C23H28ClN3O3S/c1-16-18(22(28)25-10-6-12-29-2)14-21(27(16)11-7-13-30-3)20-15-31-23(26-20)17-8-4-5-9-19(17)24/h4-5,8-9,14-15H,6-7,10-13H2,1-3H3,(H,25,28). The van der Waals surface area contributed by atoms with Gasteiger partial charge in [-0.2, -0.15) is 0 Å². The molecule has 0 aliphatic carbocycles. The molecule has 31 heavy (non-hydrogen) atoms. The maximum absolute atomic E-state index is 12.8. The Balaban J connectivity index is 1.91. The molecule has 0 aliphatic heterocycles. The minimum Gasteiger partial charge on any atom is -0.385 e. The third-order valence-corrected chi connectivity index (χ3v) is 6.23. The lowest BCUT2D eigenvalue weighted by Gasteiger charge is -2.11. The summed E-state index contributed by atoms with van der Waals surface area (Å²) in [6, 6.07) is 9.61. The van der Waals surface area contributed by atoms with E-state index < -0.39 is 0 Å². The molecule has 0 atom stereocenters. The van der Waals surface area contributed by atoms with E-state index in [1.54, 1.807) is 25.6 Å². The number of thiazole rings is 1. The number of nitrogens with zero attached hydrogens (tertiary/aromatic N) is 2. The van der Waals surface area contributed by atoms with Gasteiger partial charge in [0.1, 0.15) is 5.01 Å². The summed E-state index contributed by atoms with van der Waals surface area (Å²) in [5.41, 5.74) is 4.24. The summed E-state index contributed by atoms with van der Waals surface area (Å²) in [6.07, 6.45) is 1.62. The molecule has 0 saturated heterocycles. The van der Waals surface area contributed by atoms with E-state index in [4.69, 9.17) is 26.1 Å². The van der Waals surface area contributed by atoms with Crippen molar-refractivity contribution >= 4 is 28.8 Å². The third-order valence-electron chi connectivity index (χ3n) is 5.02. The molecule has 0 spiro atoms. The molecule has 0 aliphatic rings. The van der Waals surface area contributed by atoms with Crippen molar-refractivity contribution in [1.82, 2.24) is 14.9 Å². The molecule has 2 aromatic heterocycles. The number of hydrogen-bond acceptors (Lipinski definition) is 5. The summed E-state index contributed by atoms with van der Waals surface area (Å²) in [6.45, 7) is 4.56. The first-order valence-corrected chi connectivity index (χ1v) is 11.5. The van der Waals surface area contributed by atoms with Crippen LogP contribution >= 0.6 is 22.9 Å². The second-order valence-corrected chi connectivity index (χ2v) is 8.41. The van der Waals surface area contributed by atoms with E-state index in [1.807, 2.05) is 42.6 Å². The fraction of sp³-hybridized carbons (Fsp3) is 0.391. The zero-order chi connectivity index (χ0) is 22.2. The number of hydrogen-bond donors (Lipinski definition) is 1. The van der Waals surface area contributed by atoms with Crippen LogP contribution in [0.25, 0.3) is 22.0 Å². The average molecular weight is 462 g/mol. The number of halogens is 1. The van der Waals surface area contributed by atoms with E-state index in [2.05, 4.69) is 9.88 Å². The fourth-order valence-corrected chi connectivity index (χ4v) is 4.54. The van der Waals surface area contributed by atoms with Crippen molar-refractivity contribution < 1.29 is 14.3 Å². The first-order chi connectivity index (χ1) is 15.1. The quantitative estimate of drug-likeness (QED) is 0.406. The Morgan fingerprint density at radius 3 is 2.68 bits per heavy atom. The van der Waals surface area contributed by atoms with Crippen molar-refractivity contribution in [3.8, 4) is 22.0 Å². The number of carbonyl (C=O) groups is 1. The third kappa shape index (κ3) is 5.74. The lowest BCUT2D eigenvalue weighted by Crippen LogP contribution is -2.25. The number of methoxy groups -OCH3 is 2. The number of aromatic nitrogens is 2. The SMILES string of the molecule is COCCCNC(=O)c1cc(-c2csc(-c3ccccc3Cl)n2)n(CCCOC)c1C. The summed E-state index contributed by atoms with van der Waals surface area (Å²) in [7, 11) is 3.35. The molecule has 6 nitrogen and oxygen atoms in total. The van der Waals surface area contributed by atoms with Gasteiger partial charge in [-0.05, 0) is 31.9 Å². The first-order valence-electron chi connectivity index (χ1n) is 10.2. The van der Waals surface area contributed by atoms with Crippen molar-refractivity contribution in [2.45, 2.75) is 26.3 Å². The molecule has 0 radical (unpaired) electrons. The zero-order valence-electron chi connectivity index (χ0n) is 18.1. The number of carbonyl (C=O) groups excluding carboxylic acids is 1. The Hall–Kier alpha value is -2.19. The Kier molecular flexibility index (Phi) is 8.66. The fourth-order valence-electron chi connectivity index (χ4n) is 3.41. The van der Waals surface area contributed by atoms with E-state index in [1.165, 1.54) is 0 Å². The van der Waals surface area contributed by atoms with Crippen LogP contribution in [0.15, 0.2) is 35.7 Å². The zero-order valence-corrected chi connectivity index (χ0v) is 19.7. The van der Waals surface area contributed by atoms with Gasteiger partial charge in [-0.25, -0.2) is 4.98 Å². The van der Waals surface area contributed by atoms with E-state index in [0.29, 0.717) is 30.3 Å². The molecule has 0 fully saturated rings. The van der Waals surface area contributed by atoms with Gasteiger partial charge in [0.05, 0.1) is 22.0 Å². The van der Waals surface area contributed by atoms with Crippen LogP contribution in [-0.4, -0.2) is 49.4 Å². The normalized spacial score (nSPS) is 11.1. The van der Waals surface area contributed by atoms with Gasteiger partial charge in [0.25, 0.3) is 5.91 Å². The van der Waals surface area contributed by atoms with E-state index in [9.17, 15) is 4.79 Å². The van der Waals surface area contributed by atoms with Gasteiger partial charge in [0.15, 0.2) is 0 Å². The Labute approximate surface area is 192 Å². The van der Waals surface area contributed by atoms with Crippen LogP contribution in [0.2, 0.25) is 5.02 Å². The Morgan fingerprint density at radius 2 is 1.94 bits per heavy atom. The largest absolute Gasteiger partial charge is 0.385 e. The van der Waals surface area contributed by atoms with Gasteiger partial charge in [-0.1, -0.05) is 29.8 Å². The second-order valence-electron chi connectivity index (χ2n) is 7.15. The molecule has 3 aromatic rings. The van der Waals surface area contributed by atoms with Crippen molar-refractivity contribution in [2.24, 2.45) is 0 Å². The van der Waals surface area contributed by atoms with Gasteiger partial charge in [0.2, 0.25) is 0 Å². The topological polar surface area (TPSA) is 65.4 Å². The van der Waals surface area contributed by atoms with Crippen LogP contribution in [-0.2, 0) is 16.0 Å². The second kappa shape index (κ2) is 11.4. The maximum Gasteiger partial charge on any atom is 0.253 e. The van der Waals surface area contributed by atoms with Gasteiger partial charge in [-0.15, -0.1) is 11.3 Å². The highest BCUT2D eigenvalue weighted by Crippen LogP contribution is 2.34. The van der Waals surface area contributed by atoms with E-state index in [0.717, 1.165) is 47.0 Å². The highest BCUT2D eigenvalue weighted by Gasteiger charge is 2.20. The molecule has 2 heterocycles. The first kappa shape index (κ1) is 23.5. The smallest absolute Gasteiger partial charge is 0.253 e. The highest BCUT2D eigenvalue weighted by molar-refractivity contribution is 7.13. The van der Waals surface area contributed by atoms with Crippen LogP contribution in [0.5, 0.6) is 0 Å². The van der Waals surface area contributed by atoms with Gasteiger partial charge in [-0.3, -0.25) is 4.79 Å². The van der Waals surface area contributed by atoms with Crippen LogP contribution in [0.4, 0.5) is 0 Å². The maximum atomic E-state index is 12.8. The molecule has 166 valence electrons. The minimum atomic E-state index is -0.0816. The van der Waals surface area contributed by atoms with Crippen LogP contribution < -0.4 is 5.32 Å². The summed E-state index contributed by atoms with van der Waals surface area (Å²) in [5.74, 6) is -0.0816. The van der Waals surface area contributed by atoms with Crippen molar-refractivity contribution in [3.63, 3.8) is 0 Å². The van der Waals surface area contributed by atoms with Crippen molar-refractivity contribution in [2.75, 3.05) is 34.0 Å². The van der Waals surface area contributed by atoms with Crippen molar-refractivity contribution in [1.29, 1.82) is 0 Å². The number of rotatable bonds is 11. The molecule has 1 amide bonds. The predicted molar refractivity (Wildman–Crippen MR) is 126 cm³/mol. The number of nitrogens with one attached hydrogen (secondary N) is 1. The monoisotopic (exact) mass is 461 g/mol. The van der Waals surface area contributed by atoms with Gasteiger partial charge >= 0.3 is 0 Å². The lowest BCUT2D eigenvalue weighted by molar-refractivity contribution is 0.0948. The summed E-state index contributed by atoms with van der Waals surface area (Å²) >= 11 is 7.90. The predicted octanol–water partition coefficient (Wildman–Crippen LogP) is 5.04. The number of benzene rings is 1. The minimum absolute atomic E-state index is 0.0816. The molecule has 3 rings (SSSR count). The Morgan fingerprint density at radius 1 is 1.19 bits per heavy atom. The molecule has 1 N–H and O–H groups in total. The summed E-state index contributed by atoms with van der Waals surface area (Å²) in [5, 5.41) is 6.52. The molecule has 1 aromatic carbocycles. The van der Waals surface area contributed by atoms with Crippen molar-refractivity contribution in [3.05, 3.63) is 52.0 Å². The average Bonchev–Trinajstić information content (AvgIpc) is 3.37. The number of ether oxygens (including phenoxy) is 2. The lowest BCUT2D eigenvalue weighted by atomic mass is 10.2. The van der Waals surface area contributed by atoms with Gasteiger partial charge in [0, 0.05) is 57.2 Å². The molecule has 0 bridgehead atoms. The molecular weight excluding hydrogens is 434 g/mol. The van der Waals surface area contributed by atoms with Gasteiger partial charge < -0.3 is 19.4 Å². The Bertz CT molecular complexity index is 1020. The van der Waals surface area contributed by atoms with E-state index in [-0.39, 0.29) is 5.91 Å². The highest BCUT2D eigenvalue weighted by atomic mass is 35.5. The molecule has 0 unspecified atom stereocenters. The van der Waals surface area contributed by atoms with Crippen LogP contribution in [0.1, 0.15) is 28.9 Å². The van der Waals surface area contributed by atoms with E-state index >= 15 is 0 Å². The molecule has 0 saturated carbocycles. The molecular formula is C23H28ClN3O3S. The van der Waals surface area contributed by atoms with Crippen LogP contribution in [0.3, 0.4) is 0 Å². The summed E-state index contributed by atoms with van der Waals surface area (Å²) < 4.78 is 12.4. The van der Waals surface area contributed by atoms with Crippen LogP contribution in [0, 0.1) is 6.92 Å². The number of amides is 1. The molecule has 8 heteroatoms.